The van der Waals surface area contributed by atoms with Crippen molar-refractivity contribution in [2.45, 2.75) is 138 Å². The van der Waals surface area contributed by atoms with Gasteiger partial charge in [0.25, 0.3) is 0 Å². The first-order valence-electron chi connectivity index (χ1n) is 17.6. The number of hydrogen-bond donors (Lipinski definition) is 0. The van der Waals surface area contributed by atoms with Crippen molar-refractivity contribution in [2.75, 3.05) is 52.9 Å². The Bertz CT molecular complexity index is 932. The quantitative estimate of drug-likeness (QED) is 0.0854. The Morgan fingerprint density at radius 1 is 0.408 bits per heavy atom. The third-order valence-corrected chi connectivity index (χ3v) is 7.13. The van der Waals surface area contributed by atoms with Gasteiger partial charge < -0.3 is 37.9 Å². The molecule has 1 aliphatic rings. The third kappa shape index (κ3) is 22.9. The summed E-state index contributed by atoms with van der Waals surface area (Å²) >= 11 is 0. The van der Waals surface area contributed by atoms with Gasteiger partial charge in [-0.25, -0.2) is 0 Å². The smallest absolute Gasteiger partial charge is 0.308 e. The largest absolute Gasteiger partial charge is 0.460 e. The van der Waals surface area contributed by atoms with Crippen LogP contribution in [0.4, 0.5) is 0 Å². The van der Waals surface area contributed by atoms with Gasteiger partial charge in [-0.3, -0.25) is 19.2 Å². The summed E-state index contributed by atoms with van der Waals surface area (Å²) in [4.78, 5) is 49.0. The van der Waals surface area contributed by atoms with Gasteiger partial charge >= 0.3 is 23.9 Å². The SMILES string of the molecule is CC(C)(C)OC(=O)CCOCC1CC(COCCC(=O)OC(C)(C)C)C(COCCC(=O)OC(C)(C)C)C1COCCC(=O)OC(C)(C)C. The minimum absolute atomic E-state index is 0.0267. The van der Waals surface area contributed by atoms with E-state index < -0.39 is 22.4 Å². The first-order valence-corrected chi connectivity index (χ1v) is 17.6. The molecule has 12 nitrogen and oxygen atoms in total. The zero-order valence-electron chi connectivity index (χ0n) is 32.4. The monoisotopic (exact) mass is 702 g/mol. The maximum Gasteiger partial charge on any atom is 0.308 e. The van der Waals surface area contributed by atoms with Gasteiger partial charge in [0, 0.05) is 13.2 Å². The Balaban J connectivity index is 2.98. The van der Waals surface area contributed by atoms with E-state index in [1.54, 1.807) is 0 Å². The molecule has 0 spiro atoms. The average molecular weight is 703 g/mol. The van der Waals surface area contributed by atoms with Gasteiger partial charge in [-0.2, -0.15) is 0 Å². The van der Waals surface area contributed by atoms with Crippen LogP contribution >= 0.6 is 0 Å². The van der Waals surface area contributed by atoms with Crippen LogP contribution in [0.2, 0.25) is 0 Å². The fourth-order valence-electron chi connectivity index (χ4n) is 5.44. The molecule has 0 amide bonds. The number of carbonyl (C=O) groups excluding carboxylic acids is 4. The Morgan fingerprint density at radius 2 is 0.633 bits per heavy atom. The zero-order valence-corrected chi connectivity index (χ0v) is 32.4. The summed E-state index contributed by atoms with van der Waals surface area (Å²) in [5.74, 6) is -1.29. The lowest BCUT2D eigenvalue weighted by atomic mass is 9.88. The van der Waals surface area contributed by atoms with Crippen LogP contribution in [0.25, 0.3) is 0 Å². The highest BCUT2D eigenvalue weighted by molar-refractivity contribution is 5.71. The Hall–Kier alpha value is -2.28. The summed E-state index contributed by atoms with van der Waals surface area (Å²) in [6, 6.07) is 0. The summed E-state index contributed by atoms with van der Waals surface area (Å²) in [6.07, 6.45) is 1.24. The summed E-state index contributed by atoms with van der Waals surface area (Å²) in [5.41, 5.74) is -2.30. The molecule has 4 atom stereocenters. The zero-order chi connectivity index (χ0) is 37.5. The van der Waals surface area contributed by atoms with E-state index in [1.165, 1.54) is 0 Å². The Morgan fingerprint density at radius 3 is 0.857 bits per heavy atom. The van der Waals surface area contributed by atoms with Crippen LogP contribution in [0.15, 0.2) is 0 Å². The fraction of sp³-hybridized carbons (Fsp3) is 0.892. The summed E-state index contributed by atoms with van der Waals surface area (Å²) in [6.45, 7) is 24.1. The molecular formula is C37H66O12. The highest BCUT2D eigenvalue weighted by Gasteiger charge is 2.43. The van der Waals surface area contributed by atoms with Crippen LogP contribution in [-0.4, -0.2) is 99.1 Å². The van der Waals surface area contributed by atoms with Gasteiger partial charge in [0.05, 0.1) is 65.3 Å². The number of carbonyl (C=O) groups is 4. The molecule has 0 aliphatic heterocycles. The second-order valence-electron chi connectivity index (χ2n) is 16.7. The van der Waals surface area contributed by atoms with Crippen molar-refractivity contribution in [3.63, 3.8) is 0 Å². The Labute approximate surface area is 294 Å². The first-order chi connectivity index (χ1) is 22.4. The number of ether oxygens (including phenoxy) is 8. The van der Waals surface area contributed by atoms with Gasteiger partial charge in [-0.15, -0.1) is 0 Å². The summed E-state index contributed by atoms with van der Waals surface area (Å²) < 4.78 is 45.7. The summed E-state index contributed by atoms with van der Waals surface area (Å²) in [5, 5.41) is 0. The van der Waals surface area contributed by atoms with Gasteiger partial charge in [0.2, 0.25) is 0 Å². The molecule has 0 heterocycles. The number of esters is 4. The normalized spacial score (nSPS) is 20.2. The highest BCUT2D eigenvalue weighted by Crippen LogP contribution is 2.43. The van der Waals surface area contributed by atoms with E-state index in [1.807, 2.05) is 83.1 Å². The molecule has 0 bridgehead atoms. The molecular weight excluding hydrogens is 636 g/mol. The molecule has 0 aromatic rings. The van der Waals surface area contributed by atoms with Crippen LogP contribution in [0.5, 0.6) is 0 Å². The maximum absolute atomic E-state index is 12.3. The Kier molecular flexibility index (Phi) is 18.8. The van der Waals surface area contributed by atoms with Crippen molar-refractivity contribution in [3.05, 3.63) is 0 Å². The second-order valence-corrected chi connectivity index (χ2v) is 16.7. The second kappa shape index (κ2) is 20.5. The van der Waals surface area contributed by atoms with Crippen molar-refractivity contribution in [1.82, 2.24) is 0 Å². The fourth-order valence-corrected chi connectivity index (χ4v) is 5.44. The number of rotatable bonds is 20. The minimum Gasteiger partial charge on any atom is -0.460 e. The van der Waals surface area contributed by atoms with Crippen molar-refractivity contribution in [1.29, 1.82) is 0 Å². The molecule has 0 radical (unpaired) electrons. The topological polar surface area (TPSA) is 142 Å². The van der Waals surface area contributed by atoms with Gasteiger partial charge in [0.15, 0.2) is 0 Å². The predicted molar refractivity (Wildman–Crippen MR) is 184 cm³/mol. The molecule has 1 aliphatic carbocycles. The van der Waals surface area contributed by atoms with E-state index in [2.05, 4.69) is 0 Å². The van der Waals surface area contributed by atoms with Gasteiger partial charge in [-0.1, -0.05) is 0 Å². The summed E-state index contributed by atoms with van der Waals surface area (Å²) in [7, 11) is 0. The van der Waals surface area contributed by atoms with E-state index in [-0.39, 0.29) is 99.7 Å². The van der Waals surface area contributed by atoms with E-state index in [0.717, 1.165) is 6.42 Å². The van der Waals surface area contributed by atoms with Crippen LogP contribution < -0.4 is 0 Å². The molecule has 0 N–H and O–H groups in total. The van der Waals surface area contributed by atoms with Gasteiger partial charge in [-0.05, 0) is 113 Å². The molecule has 4 unspecified atom stereocenters. The lowest BCUT2D eigenvalue weighted by Crippen LogP contribution is -2.31. The molecule has 1 saturated carbocycles. The molecule has 0 aromatic carbocycles. The highest BCUT2D eigenvalue weighted by atomic mass is 16.6. The molecule has 286 valence electrons. The predicted octanol–water partition coefficient (Wildman–Crippen LogP) is 5.85. The van der Waals surface area contributed by atoms with Crippen LogP contribution in [0.1, 0.15) is 115 Å². The van der Waals surface area contributed by atoms with Crippen LogP contribution in [0, 0.1) is 23.7 Å². The van der Waals surface area contributed by atoms with Crippen molar-refractivity contribution in [3.8, 4) is 0 Å². The van der Waals surface area contributed by atoms with Crippen LogP contribution in [-0.2, 0) is 57.1 Å². The third-order valence-electron chi connectivity index (χ3n) is 7.13. The molecule has 0 saturated heterocycles. The number of hydrogen-bond acceptors (Lipinski definition) is 12. The standard InChI is InChI=1S/C37H66O12/c1-34(2,3)46-30(38)13-17-42-22-26-21-27(23-43-18-14-31(39)47-35(4,5)6)29(25-45-20-16-33(41)49-37(10,11)12)28(26)24-44-19-15-32(40)48-36(7,8)9/h26-29H,13-25H2,1-12H3. The van der Waals surface area contributed by atoms with E-state index in [9.17, 15) is 19.2 Å². The van der Waals surface area contributed by atoms with E-state index in [0.29, 0.717) is 26.4 Å². The lowest BCUT2D eigenvalue weighted by molar-refractivity contribution is -0.158. The maximum atomic E-state index is 12.3. The molecule has 49 heavy (non-hydrogen) atoms. The van der Waals surface area contributed by atoms with E-state index >= 15 is 0 Å². The van der Waals surface area contributed by atoms with Crippen molar-refractivity contribution >= 4 is 23.9 Å². The molecule has 0 aromatic heterocycles. The molecule has 12 heteroatoms. The molecule has 1 rings (SSSR count). The van der Waals surface area contributed by atoms with Crippen LogP contribution in [0.3, 0.4) is 0 Å². The average Bonchev–Trinajstić information content (AvgIpc) is 3.21. The van der Waals surface area contributed by atoms with E-state index in [4.69, 9.17) is 37.9 Å². The lowest BCUT2D eigenvalue weighted by Gasteiger charge is -2.27. The van der Waals surface area contributed by atoms with Crippen molar-refractivity contribution in [2.24, 2.45) is 23.7 Å². The van der Waals surface area contributed by atoms with Gasteiger partial charge in [0.1, 0.15) is 22.4 Å². The van der Waals surface area contributed by atoms with Crippen molar-refractivity contribution < 1.29 is 57.1 Å². The molecule has 1 fully saturated rings. The minimum atomic E-state index is -0.581. The first kappa shape index (κ1) is 44.7.